The first-order valence-electron chi connectivity index (χ1n) is 9.96. The number of aryl methyl sites for hydroxylation is 1. The van der Waals surface area contributed by atoms with Crippen LogP contribution in [0.1, 0.15) is 27.9 Å². The van der Waals surface area contributed by atoms with Crippen LogP contribution in [0, 0.1) is 6.92 Å². The van der Waals surface area contributed by atoms with Gasteiger partial charge in [-0.25, -0.2) is 9.67 Å². The molecular weight excluding hydrogens is 426 g/mol. The van der Waals surface area contributed by atoms with E-state index < -0.39 is 6.10 Å². The maximum atomic E-state index is 12.5. The zero-order valence-corrected chi connectivity index (χ0v) is 17.9. The third-order valence-corrected chi connectivity index (χ3v) is 6.00. The molecule has 3 aromatic heterocycles. The number of aliphatic hydroxyl groups is 1. The van der Waals surface area contributed by atoms with Crippen LogP contribution in [-0.4, -0.2) is 31.0 Å². The molecule has 32 heavy (non-hydrogen) atoms. The van der Waals surface area contributed by atoms with Crippen LogP contribution >= 0.6 is 11.3 Å². The van der Waals surface area contributed by atoms with Crippen molar-refractivity contribution in [3.8, 4) is 10.6 Å². The van der Waals surface area contributed by atoms with E-state index in [9.17, 15) is 9.90 Å². The lowest BCUT2D eigenvalue weighted by atomic mass is 10.2. The van der Waals surface area contributed by atoms with Gasteiger partial charge < -0.3 is 14.8 Å². The number of aliphatic hydroxyl groups excluding tert-OH is 1. The predicted octanol–water partition coefficient (Wildman–Crippen LogP) is 4.44. The first-order chi connectivity index (χ1) is 15.5. The van der Waals surface area contributed by atoms with Crippen LogP contribution < -0.4 is 5.32 Å². The number of anilines is 1. The molecule has 0 spiro atoms. The number of benzene rings is 2. The van der Waals surface area contributed by atoms with Crippen LogP contribution in [0.25, 0.3) is 20.8 Å². The van der Waals surface area contributed by atoms with Gasteiger partial charge in [0.2, 0.25) is 0 Å². The summed E-state index contributed by atoms with van der Waals surface area (Å²) in [6.07, 6.45) is 2.10. The fourth-order valence-corrected chi connectivity index (χ4v) is 4.36. The molecule has 2 aromatic carbocycles. The SMILES string of the molecule is Cc1ccc2nc(-c3ccc(NC(=O)c4cn(CC(O)c5ccco5)nn4)cc3)sc2c1. The summed E-state index contributed by atoms with van der Waals surface area (Å²) in [7, 11) is 0. The number of fused-ring (bicyclic) bond motifs is 1. The maximum absolute atomic E-state index is 12.5. The summed E-state index contributed by atoms with van der Waals surface area (Å²) in [6.45, 7) is 2.19. The van der Waals surface area contributed by atoms with Crippen molar-refractivity contribution in [3.05, 3.63) is 84.1 Å². The summed E-state index contributed by atoms with van der Waals surface area (Å²) in [6, 6.07) is 17.1. The van der Waals surface area contributed by atoms with Gasteiger partial charge in [-0.15, -0.1) is 16.4 Å². The van der Waals surface area contributed by atoms with Crippen molar-refractivity contribution in [1.29, 1.82) is 0 Å². The Balaban J connectivity index is 1.25. The van der Waals surface area contributed by atoms with Crippen LogP contribution in [0.15, 0.2) is 71.5 Å². The van der Waals surface area contributed by atoms with Gasteiger partial charge in [0.15, 0.2) is 5.69 Å². The van der Waals surface area contributed by atoms with Crippen LogP contribution in [0.4, 0.5) is 5.69 Å². The van der Waals surface area contributed by atoms with E-state index in [4.69, 9.17) is 9.40 Å². The number of furan rings is 1. The van der Waals surface area contributed by atoms with E-state index in [2.05, 4.69) is 34.7 Å². The second-order valence-electron chi connectivity index (χ2n) is 7.38. The minimum atomic E-state index is -0.874. The van der Waals surface area contributed by atoms with Crippen molar-refractivity contribution in [3.63, 3.8) is 0 Å². The predicted molar refractivity (Wildman–Crippen MR) is 121 cm³/mol. The third-order valence-electron chi connectivity index (χ3n) is 4.94. The number of rotatable bonds is 6. The molecule has 0 bridgehead atoms. The number of hydrogen-bond donors (Lipinski definition) is 2. The summed E-state index contributed by atoms with van der Waals surface area (Å²) < 4.78 is 7.72. The third kappa shape index (κ3) is 4.16. The van der Waals surface area contributed by atoms with Crippen molar-refractivity contribution in [2.75, 3.05) is 5.32 Å². The number of hydrogen-bond acceptors (Lipinski definition) is 7. The standard InChI is InChI=1S/C23H19N5O3S/c1-14-4-9-17-21(11-14)32-23(25-17)15-5-7-16(8-6-15)24-22(30)18-12-28(27-26-18)13-19(29)20-3-2-10-31-20/h2-12,19,29H,13H2,1H3,(H,24,30). The fourth-order valence-electron chi connectivity index (χ4n) is 3.29. The number of carbonyl (C=O) groups is 1. The van der Waals surface area contributed by atoms with Gasteiger partial charge in [0, 0.05) is 11.3 Å². The molecule has 0 aliphatic rings. The zero-order valence-electron chi connectivity index (χ0n) is 17.1. The quantitative estimate of drug-likeness (QED) is 0.400. The maximum Gasteiger partial charge on any atom is 0.277 e. The van der Waals surface area contributed by atoms with E-state index in [0.29, 0.717) is 11.4 Å². The molecule has 1 atom stereocenters. The van der Waals surface area contributed by atoms with E-state index in [1.54, 1.807) is 23.5 Å². The molecule has 8 nitrogen and oxygen atoms in total. The van der Waals surface area contributed by atoms with Gasteiger partial charge in [-0.1, -0.05) is 11.3 Å². The van der Waals surface area contributed by atoms with E-state index in [1.165, 1.54) is 22.7 Å². The summed E-state index contributed by atoms with van der Waals surface area (Å²) in [5.41, 5.74) is 3.97. The lowest BCUT2D eigenvalue weighted by molar-refractivity contribution is 0.102. The molecule has 0 radical (unpaired) electrons. The zero-order chi connectivity index (χ0) is 22.1. The Labute approximate surface area is 187 Å². The number of nitrogens with one attached hydrogen (secondary N) is 1. The molecule has 9 heteroatoms. The summed E-state index contributed by atoms with van der Waals surface area (Å²) in [4.78, 5) is 17.2. The average Bonchev–Trinajstić information content (AvgIpc) is 3.54. The normalized spacial score (nSPS) is 12.2. The summed E-state index contributed by atoms with van der Waals surface area (Å²) in [5, 5.41) is 21.7. The average molecular weight is 446 g/mol. The largest absolute Gasteiger partial charge is 0.467 e. The van der Waals surface area contributed by atoms with Gasteiger partial charge >= 0.3 is 0 Å². The van der Waals surface area contributed by atoms with Gasteiger partial charge in [-0.05, 0) is 61.0 Å². The van der Waals surface area contributed by atoms with Crippen molar-refractivity contribution in [1.82, 2.24) is 20.0 Å². The van der Waals surface area contributed by atoms with Crippen molar-refractivity contribution in [2.45, 2.75) is 19.6 Å². The number of nitrogens with zero attached hydrogens (tertiary/aromatic N) is 4. The molecule has 160 valence electrons. The van der Waals surface area contributed by atoms with Crippen molar-refractivity contribution >= 4 is 33.1 Å². The van der Waals surface area contributed by atoms with E-state index in [0.717, 1.165) is 20.8 Å². The second-order valence-corrected chi connectivity index (χ2v) is 8.41. The molecule has 0 saturated carbocycles. The lowest BCUT2D eigenvalue weighted by Crippen LogP contribution is -2.12. The minimum Gasteiger partial charge on any atom is -0.467 e. The Kier molecular flexibility index (Phi) is 5.26. The Morgan fingerprint density at radius 3 is 2.84 bits per heavy atom. The Bertz CT molecular complexity index is 1370. The van der Waals surface area contributed by atoms with Crippen LogP contribution in [0.5, 0.6) is 0 Å². The highest BCUT2D eigenvalue weighted by atomic mass is 32.1. The molecule has 1 unspecified atom stereocenters. The minimum absolute atomic E-state index is 0.129. The van der Waals surface area contributed by atoms with Gasteiger partial charge in [0.05, 0.1) is 29.2 Å². The van der Waals surface area contributed by atoms with Crippen molar-refractivity contribution < 1.29 is 14.3 Å². The fraction of sp³-hybridized carbons (Fsp3) is 0.130. The molecule has 0 saturated heterocycles. The molecular formula is C23H19N5O3S. The highest BCUT2D eigenvalue weighted by Crippen LogP contribution is 2.31. The summed E-state index contributed by atoms with van der Waals surface area (Å²) in [5.74, 6) is 0.0433. The van der Waals surface area contributed by atoms with E-state index in [-0.39, 0.29) is 18.1 Å². The molecule has 1 amide bonds. The molecule has 5 aromatic rings. The number of aromatic nitrogens is 4. The van der Waals surface area contributed by atoms with E-state index >= 15 is 0 Å². The highest BCUT2D eigenvalue weighted by Gasteiger charge is 2.16. The Morgan fingerprint density at radius 1 is 1.22 bits per heavy atom. The topological polar surface area (TPSA) is 106 Å². The van der Waals surface area contributed by atoms with Crippen LogP contribution in [-0.2, 0) is 6.54 Å². The number of carbonyl (C=O) groups excluding carboxylic acids is 1. The van der Waals surface area contributed by atoms with E-state index in [1.807, 2.05) is 30.3 Å². The second kappa shape index (κ2) is 8.37. The molecule has 5 rings (SSSR count). The molecule has 0 aliphatic carbocycles. The van der Waals surface area contributed by atoms with Crippen LogP contribution in [0.3, 0.4) is 0 Å². The molecule has 3 heterocycles. The molecule has 0 aliphatic heterocycles. The Hall–Kier alpha value is -3.82. The highest BCUT2D eigenvalue weighted by molar-refractivity contribution is 7.21. The first kappa shape index (κ1) is 20.1. The van der Waals surface area contributed by atoms with Crippen LogP contribution in [0.2, 0.25) is 0 Å². The van der Waals surface area contributed by atoms with Gasteiger partial charge in [-0.2, -0.15) is 0 Å². The smallest absolute Gasteiger partial charge is 0.277 e. The number of amides is 1. The first-order valence-corrected chi connectivity index (χ1v) is 10.8. The lowest BCUT2D eigenvalue weighted by Gasteiger charge is -2.06. The summed E-state index contributed by atoms with van der Waals surface area (Å²) >= 11 is 1.64. The number of thiazole rings is 1. The van der Waals surface area contributed by atoms with Crippen molar-refractivity contribution in [2.24, 2.45) is 0 Å². The molecule has 0 fully saturated rings. The Morgan fingerprint density at radius 2 is 2.06 bits per heavy atom. The van der Waals surface area contributed by atoms with Gasteiger partial charge in [0.25, 0.3) is 5.91 Å². The van der Waals surface area contributed by atoms with Gasteiger partial charge in [-0.3, -0.25) is 4.79 Å². The molecule has 2 N–H and O–H groups in total. The monoisotopic (exact) mass is 445 g/mol. The van der Waals surface area contributed by atoms with Gasteiger partial charge in [0.1, 0.15) is 16.9 Å².